The number of fused-ring (bicyclic) bond motifs is 2. The van der Waals surface area contributed by atoms with Crippen LogP contribution in [0.5, 0.6) is 0 Å². The average Bonchev–Trinajstić information content (AvgIpc) is 2.72. The van der Waals surface area contributed by atoms with Crippen LogP contribution in [0.25, 0.3) is 0 Å². The molecule has 1 N–H and O–H groups in total. The van der Waals surface area contributed by atoms with Gasteiger partial charge in [-0.3, -0.25) is 9.59 Å². The molecule has 3 rings (SSSR count). The highest BCUT2D eigenvalue weighted by molar-refractivity contribution is 6.23. The van der Waals surface area contributed by atoms with Crippen molar-refractivity contribution in [3.63, 3.8) is 0 Å². The molecule has 1 fully saturated rings. The molecule has 1 aliphatic heterocycles. The van der Waals surface area contributed by atoms with Crippen LogP contribution in [0.4, 0.5) is 0 Å². The first-order valence-electron chi connectivity index (χ1n) is 12.7. The van der Waals surface area contributed by atoms with Crippen LogP contribution in [0.3, 0.4) is 0 Å². The number of carbonyl (C=O) groups is 2. The van der Waals surface area contributed by atoms with Gasteiger partial charge in [0, 0.05) is 11.5 Å². The number of hydrogen-bond donors (Lipinski definition) is 1. The summed E-state index contributed by atoms with van der Waals surface area (Å²) in [4.78, 5) is 26.4. The van der Waals surface area contributed by atoms with Crippen molar-refractivity contribution in [2.45, 2.75) is 117 Å². The number of hydrogen-bond acceptors (Lipinski definition) is 4. The number of aliphatic hydroxyl groups is 1. The van der Waals surface area contributed by atoms with Crippen molar-refractivity contribution in [2.24, 2.45) is 17.8 Å². The molecule has 0 bridgehead atoms. The smallest absolute Gasteiger partial charge is 0.227 e. The fourth-order valence-electron chi connectivity index (χ4n) is 5.89. The molecule has 0 radical (unpaired) electrons. The predicted octanol–water partition coefficient (Wildman–Crippen LogP) is 6.99. The number of carbonyl (C=O) groups excluding carboxylic acids is 2. The van der Waals surface area contributed by atoms with Gasteiger partial charge < -0.3 is 9.84 Å². The van der Waals surface area contributed by atoms with E-state index in [4.69, 9.17) is 4.74 Å². The molecule has 0 saturated heterocycles. The van der Waals surface area contributed by atoms with E-state index in [0.29, 0.717) is 17.9 Å². The van der Waals surface area contributed by atoms with Gasteiger partial charge in [-0.15, -0.1) is 0 Å². The molecule has 3 aliphatic rings. The monoisotopic (exact) mass is 430 g/mol. The van der Waals surface area contributed by atoms with Crippen molar-refractivity contribution in [1.29, 1.82) is 0 Å². The molecule has 4 nitrogen and oxygen atoms in total. The Bertz CT molecular complexity index is 742. The van der Waals surface area contributed by atoms with Gasteiger partial charge in [0.2, 0.25) is 11.6 Å². The van der Waals surface area contributed by atoms with Crippen LogP contribution in [-0.4, -0.2) is 22.3 Å². The Morgan fingerprint density at radius 1 is 0.935 bits per heavy atom. The van der Waals surface area contributed by atoms with E-state index < -0.39 is 5.60 Å². The van der Waals surface area contributed by atoms with Crippen LogP contribution in [0, 0.1) is 17.8 Å². The number of ketones is 2. The molecule has 3 atom stereocenters. The molecule has 0 amide bonds. The first-order valence-corrected chi connectivity index (χ1v) is 12.7. The van der Waals surface area contributed by atoms with Gasteiger partial charge in [-0.25, -0.2) is 0 Å². The van der Waals surface area contributed by atoms with Gasteiger partial charge in [-0.2, -0.15) is 0 Å². The van der Waals surface area contributed by atoms with E-state index in [-0.39, 0.29) is 40.5 Å². The maximum absolute atomic E-state index is 13.3. The van der Waals surface area contributed by atoms with Crippen molar-refractivity contribution < 1.29 is 19.4 Å². The summed E-state index contributed by atoms with van der Waals surface area (Å²) in [6, 6.07) is 0. The van der Waals surface area contributed by atoms with Gasteiger partial charge in [-0.05, 0) is 51.4 Å². The molecule has 0 spiro atoms. The zero-order chi connectivity index (χ0) is 22.6. The van der Waals surface area contributed by atoms with E-state index in [1.54, 1.807) is 0 Å². The first-order chi connectivity index (χ1) is 14.8. The van der Waals surface area contributed by atoms with Gasteiger partial charge in [0.15, 0.2) is 11.5 Å². The Labute approximate surface area is 188 Å². The zero-order valence-corrected chi connectivity index (χ0v) is 20.1. The lowest BCUT2D eigenvalue weighted by atomic mass is 9.62. The maximum Gasteiger partial charge on any atom is 0.227 e. The van der Waals surface area contributed by atoms with E-state index in [2.05, 4.69) is 13.8 Å². The quantitative estimate of drug-likeness (QED) is 0.300. The topological polar surface area (TPSA) is 63.6 Å². The second kappa shape index (κ2) is 10.4. The van der Waals surface area contributed by atoms with Crippen molar-refractivity contribution >= 4 is 11.6 Å². The molecule has 4 heteroatoms. The zero-order valence-electron chi connectivity index (χ0n) is 20.1. The van der Waals surface area contributed by atoms with Crippen LogP contribution in [0.2, 0.25) is 0 Å². The Hall–Kier alpha value is -1.58. The molecule has 3 unspecified atom stereocenters. The fraction of sp³-hybridized carbons (Fsp3) is 0.778. The number of aliphatic hydroxyl groups excluding tert-OH is 1. The average molecular weight is 431 g/mol. The minimum atomic E-state index is -0.463. The summed E-state index contributed by atoms with van der Waals surface area (Å²) in [5.41, 5.74) is 0.258. The number of unbranched alkanes of at least 4 members (excludes halogenated alkanes) is 8. The van der Waals surface area contributed by atoms with Gasteiger partial charge in [0.05, 0.1) is 5.57 Å². The first kappa shape index (κ1) is 24.1. The molecule has 1 heterocycles. The Kier molecular flexibility index (Phi) is 8.04. The number of Topliss-reactive ketones (excluding diaryl/α,β-unsaturated/α-hetero) is 2. The van der Waals surface area contributed by atoms with Crippen molar-refractivity contribution in [1.82, 2.24) is 0 Å². The standard InChI is InChI=1S/C27H42O4/c1-5-6-7-8-9-10-11-12-13-14-19-23(28)25(30)22-20-17-18(2)15-16-21(20)27(3,4)31-26(22)24(19)29/h18,20-21,28H,5-17H2,1-4H3. The minimum absolute atomic E-state index is 0.00959. The van der Waals surface area contributed by atoms with Crippen LogP contribution in [0.15, 0.2) is 22.7 Å². The lowest BCUT2D eigenvalue weighted by Crippen LogP contribution is -2.50. The van der Waals surface area contributed by atoms with Crippen LogP contribution < -0.4 is 0 Å². The number of rotatable bonds is 10. The molecule has 0 aromatic carbocycles. The van der Waals surface area contributed by atoms with Crippen LogP contribution >= 0.6 is 0 Å². The fourth-order valence-corrected chi connectivity index (χ4v) is 5.89. The number of allylic oxidation sites excluding steroid dienone is 2. The maximum atomic E-state index is 13.3. The second-order valence-corrected chi connectivity index (χ2v) is 10.6. The second-order valence-electron chi connectivity index (χ2n) is 10.6. The van der Waals surface area contributed by atoms with E-state index in [0.717, 1.165) is 38.5 Å². The molecular weight excluding hydrogens is 388 g/mol. The van der Waals surface area contributed by atoms with Gasteiger partial charge in [0.25, 0.3) is 0 Å². The molecule has 174 valence electrons. The van der Waals surface area contributed by atoms with E-state index in [1.165, 1.54) is 38.5 Å². The highest BCUT2D eigenvalue weighted by Gasteiger charge is 2.52. The van der Waals surface area contributed by atoms with Gasteiger partial charge >= 0.3 is 0 Å². The van der Waals surface area contributed by atoms with Crippen molar-refractivity contribution in [3.05, 3.63) is 22.7 Å². The summed E-state index contributed by atoms with van der Waals surface area (Å²) in [7, 11) is 0. The van der Waals surface area contributed by atoms with Crippen molar-refractivity contribution in [2.75, 3.05) is 0 Å². The van der Waals surface area contributed by atoms with E-state index in [9.17, 15) is 14.7 Å². The van der Waals surface area contributed by atoms with Crippen LogP contribution in [-0.2, 0) is 14.3 Å². The minimum Gasteiger partial charge on any atom is -0.504 e. The summed E-state index contributed by atoms with van der Waals surface area (Å²) >= 11 is 0. The molecule has 2 aliphatic carbocycles. The molecular formula is C27H42O4. The SMILES string of the molecule is CCCCCCCCCCCC1=C(O)C(=O)C2=C(OC(C)(C)C3CCC(C)CC23)C1=O. The highest BCUT2D eigenvalue weighted by Crippen LogP contribution is 2.51. The summed E-state index contributed by atoms with van der Waals surface area (Å²) < 4.78 is 6.20. The predicted molar refractivity (Wildman–Crippen MR) is 124 cm³/mol. The Balaban J connectivity index is 1.62. The lowest BCUT2D eigenvalue weighted by molar-refractivity contribution is -0.133. The molecule has 0 aromatic heterocycles. The Morgan fingerprint density at radius 2 is 1.55 bits per heavy atom. The summed E-state index contributed by atoms with van der Waals surface area (Å²) in [6.45, 7) is 8.52. The third-order valence-electron chi connectivity index (χ3n) is 7.74. The van der Waals surface area contributed by atoms with Gasteiger partial charge in [-0.1, -0.05) is 71.6 Å². The third-order valence-corrected chi connectivity index (χ3v) is 7.74. The normalized spacial score (nSPS) is 27.8. The van der Waals surface area contributed by atoms with E-state index >= 15 is 0 Å². The summed E-state index contributed by atoms with van der Waals surface area (Å²) in [5.74, 6) is 0.0387. The highest BCUT2D eigenvalue weighted by atomic mass is 16.5. The molecule has 31 heavy (non-hydrogen) atoms. The van der Waals surface area contributed by atoms with Crippen molar-refractivity contribution in [3.8, 4) is 0 Å². The third kappa shape index (κ3) is 5.26. The largest absolute Gasteiger partial charge is 0.504 e. The van der Waals surface area contributed by atoms with Gasteiger partial charge in [0.1, 0.15) is 5.60 Å². The summed E-state index contributed by atoms with van der Waals surface area (Å²) in [5, 5.41) is 10.7. The van der Waals surface area contributed by atoms with Crippen LogP contribution in [0.1, 0.15) is 111 Å². The molecule has 0 aromatic rings. The Morgan fingerprint density at radius 3 is 2.19 bits per heavy atom. The summed E-state index contributed by atoms with van der Waals surface area (Å²) in [6.07, 6.45) is 14.1. The number of ether oxygens (including phenoxy) is 1. The lowest BCUT2D eigenvalue weighted by Gasteiger charge is -2.49. The van der Waals surface area contributed by atoms with E-state index in [1.807, 2.05) is 13.8 Å². The molecule has 1 saturated carbocycles.